The molecule has 2 aromatic rings. The molecule has 0 amide bonds. The molecule has 0 radical (unpaired) electrons. The average Bonchev–Trinajstić information content (AvgIpc) is 2.88. The lowest BCUT2D eigenvalue weighted by atomic mass is 9.91. The number of ether oxygens (including phenoxy) is 1. The minimum absolute atomic E-state index is 0.252. The van der Waals surface area contributed by atoms with Gasteiger partial charge in [-0.15, -0.1) is 11.3 Å². The Hall–Kier alpha value is -1.45. The predicted molar refractivity (Wildman–Crippen MR) is 97.6 cm³/mol. The van der Waals surface area contributed by atoms with Gasteiger partial charge in [-0.3, -0.25) is 4.79 Å². The van der Waals surface area contributed by atoms with Crippen molar-refractivity contribution in [3.63, 3.8) is 0 Å². The summed E-state index contributed by atoms with van der Waals surface area (Å²) >= 11 is 4.61. The monoisotopic (exact) mass is 411 g/mol. The van der Waals surface area contributed by atoms with E-state index in [1.54, 1.807) is 13.0 Å². The maximum atomic E-state index is 14.1. The minimum atomic E-state index is -0.571. The normalized spacial score (nSPS) is 14.2. The lowest BCUT2D eigenvalue weighted by molar-refractivity contribution is -0.160. The van der Waals surface area contributed by atoms with Crippen LogP contribution < -0.4 is 0 Å². The number of hydrogen-bond donors (Lipinski definition) is 0. The van der Waals surface area contributed by atoms with E-state index in [2.05, 4.69) is 22.0 Å². The topological polar surface area (TPSA) is 50.1 Å². The SMILES string of the molecule is CC(C(=O)OC(C)(C)C)C(C)c1sc2c(F)ccc(Br)c2c1C#N. The fraction of sp³-hybridized carbons (Fsp3) is 0.444. The Balaban J connectivity index is 2.49. The Morgan fingerprint density at radius 1 is 1.38 bits per heavy atom. The Bertz CT molecular complexity index is 832. The van der Waals surface area contributed by atoms with E-state index in [9.17, 15) is 14.4 Å². The third-order valence-corrected chi connectivity index (χ3v) is 5.88. The molecule has 1 aromatic heterocycles. The van der Waals surface area contributed by atoms with E-state index < -0.39 is 11.5 Å². The van der Waals surface area contributed by atoms with Crippen LogP contribution in [0.4, 0.5) is 4.39 Å². The zero-order chi connectivity index (χ0) is 18.2. The lowest BCUT2D eigenvalue weighted by Crippen LogP contribution is -2.29. The minimum Gasteiger partial charge on any atom is -0.460 e. The highest BCUT2D eigenvalue weighted by Crippen LogP contribution is 2.42. The molecular weight excluding hydrogens is 393 g/mol. The highest BCUT2D eigenvalue weighted by Gasteiger charge is 2.31. The first-order valence-corrected chi connectivity index (χ1v) is 9.21. The van der Waals surface area contributed by atoms with Crippen LogP contribution in [0, 0.1) is 23.1 Å². The zero-order valence-corrected chi connectivity index (χ0v) is 16.6. The maximum Gasteiger partial charge on any atom is 0.309 e. The van der Waals surface area contributed by atoms with Crippen molar-refractivity contribution in [1.29, 1.82) is 5.26 Å². The van der Waals surface area contributed by atoms with Crippen LogP contribution in [0.1, 0.15) is 51.0 Å². The third kappa shape index (κ3) is 3.62. The van der Waals surface area contributed by atoms with Crippen LogP contribution in [0.25, 0.3) is 10.1 Å². The summed E-state index contributed by atoms with van der Waals surface area (Å²) in [7, 11) is 0. The molecule has 0 aliphatic heterocycles. The summed E-state index contributed by atoms with van der Waals surface area (Å²) in [5, 5.41) is 10.1. The summed E-state index contributed by atoms with van der Waals surface area (Å²) in [4.78, 5) is 13.0. The number of carbonyl (C=O) groups is 1. The number of carbonyl (C=O) groups excluding carboxylic acids is 1. The molecule has 0 N–H and O–H groups in total. The van der Waals surface area contributed by atoms with Gasteiger partial charge in [0.2, 0.25) is 0 Å². The summed E-state index contributed by atoms with van der Waals surface area (Å²) in [5.41, 5.74) is -0.150. The van der Waals surface area contributed by atoms with Crippen molar-refractivity contribution in [1.82, 2.24) is 0 Å². The fourth-order valence-electron chi connectivity index (χ4n) is 2.41. The van der Waals surface area contributed by atoms with Gasteiger partial charge in [0, 0.05) is 20.7 Å². The molecule has 0 fully saturated rings. The highest BCUT2D eigenvalue weighted by molar-refractivity contribution is 9.10. The Labute approximate surface area is 153 Å². The summed E-state index contributed by atoms with van der Waals surface area (Å²) in [5.74, 6) is -1.38. The highest BCUT2D eigenvalue weighted by atomic mass is 79.9. The quantitative estimate of drug-likeness (QED) is 0.603. The van der Waals surface area contributed by atoms with E-state index in [0.717, 1.165) is 0 Å². The molecule has 0 aliphatic carbocycles. The van der Waals surface area contributed by atoms with Gasteiger partial charge in [-0.2, -0.15) is 5.26 Å². The van der Waals surface area contributed by atoms with Crippen molar-refractivity contribution in [2.45, 2.75) is 46.1 Å². The van der Waals surface area contributed by atoms with Crippen LogP contribution in [-0.2, 0) is 9.53 Å². The number of thiophene rings is 1. The second-order valence-electron chi connectivity index (χ2n) is 6.80. The second-order valence-corrected chi connectivity index (χ2v) is 8.70. The molecule has 1 aromatic carbocycles. The average molecular weight is 412 g/mol. The molecule has 6 heteroatoms. The first-order chi connectivity index (χ1) is 11.1. The molecule has 3 nitrogen and oxygen atoms in total. The number of nitrogens with zero attached hydrogens (tertiary/aromatic N) is 1. The van der Waals surface area contributed by atoms with E-state index in [-0.39, 0.29) is 17.7 Å². The molecule has 2 atom stereocenters. The van der Waals surface area contributed by atoms with Gasteiger partial charge in [-0.25, -0.2) is 4.39 Å². The van der Waals surface area contributed by atoms with Crippen LogP contribution in [-0.4, -0.2) is 11.6 Å². The largest absolute Gasteiger partial charge is 0.460 e. The molecule has 0 saturated carbocycles. The smallest absolute Gasteiger partial charge is 0.309 e. The van der Waals surface area contributed by atoms with Gasteiger partial charge in [0.25, 0.3) is 0 Å². The van der Waals surface area contributed by atoms with E-state index >= 15 is 0 Å². The van der Waals surface area contributed by atoms with Crippen molar-refractivity contribution < 1.29 is 13.9 Å². The Kier molecular flexibility index (Phi) is 5.36. The first kappa shape index (κ1) is 18.9. The number of benzene rings is 1. The number of hydrogen-bond acceptors (Lipinski definition) is 4. The second kappa shape index (κ2) is 6.81. The van der Waals surface area contributed by atoms with Gasteiger partial charge in [0.05, 0.1) is 16.2 Å². The standard InChI is InChI=1S/C18H19BrFNO2S/c1-9(10(2)17(22)23-18(3,4)5)15-11(8-21)14-12(19)6-7-13(20)16(14)24-15/h6-7,9-10H,1-5H3. The summed E-state index contributed by atoms with van der Waals surface area (Å²) in [6.45, 7) is 9.08. The van der Waals surface area contributed by atoms with Crippen molar-refractivity contribution >= 4 is 43.3 Å². The fourth-order valence-corrected chi connectivity index (χ4v) is 4.41. The predicted octanol–water partition coefficient (Wildman–Crippen LogP) is 5.76. The molecule has 0 aliphatic rings. The van der Waals surface area contributed by atoms with E-state index in [1.807, 2.05) is 27.7 Å². The molecular formula is C18H19BrFNO2S. The third-order valence-electron chi connectivity index (χ3n) is 3.82. The van der Waals surface area contributed by atoms with Crippen molar-refractivity contribution in [3.8, 4) is 6.07 Å². The van der Waals surface area contributed by atoms with Crippen molar-refractivity contribution in [3.05, 3.63) is 32.9 Å². The van der Waals surface area contributed by atoms with Crippen LogP contribution >= 0.6 is 27.3 Å². The van der Waals surface area contributed by atoms with Crippen LogP contribution in [0.2, 0.25) is 0 Å². The van der Waals surface area contributed by atoms with Gasteiger partial charge in [-0.05, 0) is 32.9 Å². The van der Waals surface area contributed by atoms with Gasteiger partial charge in [0.1, 0.15) is 17.5 Å². The number of esters is 1. The molecule has 24 heavy (non-hydrogen) atoms. The van der Waals surface area contributed by atoms with Crippen LogP contribution in [0.5, 0.6) is 0 Å². The van der Waals surface area contributed by atoms with E-state index in [1.165, 1.54) is 17.4 Å². The van der Waals surface area contributed by atoms with E-state index in [4.69, 9.17) is 4.74 Å². The molecule has 2 unspecified atom stereocenters. The maximum absolute atomic E-state index is 14.1. The van der Waals surface area contributed by atoms with E-state index in [0.29, 0.717) is 25.0 Å². The molecule has 2 rings (SSSR count). The summed E-state index contributed by atoms with van der Waals surface area (Å²) in [6, 6.07) is 5.14. The van der Waals surface area contributed by atoms with Crippen molar-refractivity contribution in [2.24, 2.45) is 5.92 Å². The number of fused-ring (bicyclic) bond motifs is 1. The van der Waals surface area contributed by atoms with Gasteiger partial charge in [0.15, 0.2) is 0 Å². The van der Waals surface area contributed by atoms with Crippen molar-refractivity contribution in [2.75, 3.05) is 0 Å². The molecule has 128 valence electrons. The van der Waals surface area contributed by atoms with Crippen LogP contribution in [0.3, 0.4) is 0 Å². The number of rotatable bonds is 3. The zero-order valence-electron chi connectivity index (χ0n) is 14.2. The van der Waals surface area contributed by atoms with Crippen LogP contribution in [0.15, 0.2) is 16.6 Å². The first-order valence-electron chi connectivity index (χ1n) is 7.60. The Morgan fingerprint density at radius 3 is 2.54 bits per heavy atom. The molecule has 0 spiro atoms. The van der Waals surface area contributed by atoms with Gasteiger partial charge in [-0.1, -0.05) is 29.8 Å². The van der Waals surface area contributed by atoms with Gasteiger partial charge < -0.3 is 4.74 Å². The lowest BCUT2D eigenvalue weighted by Gasteiger charge is -2.25. The summed E-state index contributed by atoms with van der Waals surface area (Å²) < 4.78 is 20.7. The van der Waals surface area contributed by atoms with Gasteiger partial charge >= 0.3 is 5.97 Å². The Morgan fingerprint density at radius 2 is 2.00 bits per heavy atom. The molecule has 0 bridgehead atoms. The summed E-state index contributed by atoms with van der Waals surface area (Å²) in [6.07, 6.45) is 0. The molecule has 1 heterocycles. The molecule has 0 saturated heterocycles. The number of halogens is 2. The number of nitriles is 1.